The van der Waals surface area contributed by atoms with E-state index in [0.717, 1.165) is 21.6 Å². The molecule has 4 heteroatoms. The van der Waals surface area contributed by atoms with Gasteiger partial charge in [-0.05, 0) is 18.1 Å². The summed E-state index contributed by atoms with van der Waals surface area (Å²) < 4.78 is 2.92. The standard InChI is InChI=1S/C10H12BrN3/c1-6(2)9-10(12)14-4-3-7(11)5-8(14)13-9/h3-6H,12H2,1-2H3. The number of fused-ring (bicyclic) bond motifs is 1. The van der Waals surface area contributed by atoms with Crippen molar-refractivity contribution in [3.05, 3.63) is 28.5 Å². The summed E-state index contributed by atoms with van der Waals surface area (Å²) in [5, 5.41) is 0. The summed E-state index contributed by atoms with van der Waals surface area (Å²) in [7, 11) is 0. The van der Waals surface area contributed by atoms with Crippen molar-refractivity contribution in [1.29, 1.82) is 0 Å². The van der Waals surface area contributed by atoms with Crippen LogP contribution in [0, 0.1) is 0 Å². The van der Waals surface area contributed by atoms with E-state index in [2.05, 4.69) is 34.8 Å². The van der Waals surface area contributed by atoms with Crippen LogP contribution in [0.4, 0.5) is 5.82 Å². The Morgan fingerprint density at radius 3 is 2.86 bits per heavy atom. The molecule has 0 saturated carbocycles. The first-order valence-electron chi connectivity index (χ1n) is 4.52. The number of nitrogens with zero attached hydrogens (tertiary/aromatic N) is 2. The van der Waals surface area contributed by atoms with Crippen LogP contribution in [0.1, 0.15) is 25.5 Å². The van der Waals surface area contributed by atoms with Gasteiger partial charge in [0.1, 0.15) is 11.5 Å². The van der Waals surface area contributed by atoms with Crippen molar-refractivity contribution >= 4 is 27.4 Å². The lowest BCUT2D eigenvalue weighted by Gasteiger charge is -2.00. The van der Waals surface area contributed by atoms with Crippen molar-refractivity contribution in [2.45, 2.75) is 19.8 Å². The largest absolute Gasteiger partial charge is 0.383 e. The predicted molar refractivity (Wildman–Crippen MR) is 61.4 cm³/mol. The molecule has 0 aromatic carbocycles. The molecule has 74 valence electrons. The molecule has 0 aliphatic rings. The SMILES string of the molecule is CC(C)c1nc2cc(Br)ccn2c1N. The molecule has 3 nitrogen and oxygen atoms in total. The Balaban J connectivity index is 2.73. The molecule has 2 aromatic heterocycles. The quantitative estimate of drug-likeness (QED) is 0.850. The number of nitrogens with two attached hydrogens (primary N) is 1. The predicted octanol–water partition coefficient (Wildman–Crippen LogP) is 2.80. The number of rotatable bonds is 1. The normalized spacial score (nSPS) is 11.4. The van der Waals surface area contributed by atoms with E-state index in [4.69, 9.17) is 5.73 Å². The van der Waals surface area contributed by atoms with Crippen LogP contribution >= 0.6 is 15.9 Å². The van der Waals surface area contributed by atoms with Crippen molar-refractivity contribution in [3.63, 3.8) is 0 Å². The van der Waals surface area contributed by atoms with Crippen LogP contribution in [-0.2, 0) is 0 Å². The van der Waals surface area contributed by atoms with Crippen LogP contribution in [0.3, 0.4) is 0 Å². The smallest absolute Gasteiger partial charge is 0.139 e. The first-order valence-corrected chi connectivity index (χ1v) is 5.32. The van der Waals surface area contributed by atoms with E-state index in [1.807, 2.05) is 22.7 Å². The molecule has 0 radical (unpaired) electrons. The van der Waals surface area contributed by atoms with Crippen LogP contribution in [0.15, 0.2) is 22.8 Å². The van der Waals surface area contributed by atoms with Gasteiger partial charge in [-0.1, -0.05) is 29.8 Å². The lowest BCUT2D eigenvalue weighted by molar-refractivity contribution is 0.838. The van der Waals surface area contributed by atoms with Gasteiger partial charge < -0.3 is 5.73 Å². The third-order valence-corrected chi connectivity index (χ3v) is 2.69. The van der Waals surface area contributed by atoms with E-state index in [1.165, 1.54) is 0 Å². The highest BCUT2D eigenvalue weighted by Gasteiger charge is 2.11. The fraction of sp³-hybridized carbons (Fsp3) is 0.300. The number of imidazole rings is 1. The van der Waals surface area contributed by atoms with Crippen LogP contribution in [0.5, 0.6) is 0 Å². The number of hydrogen-bond acceptors (Lipinski definition) is 2. The molecule has 0 aliphatic heterocycles. The molecule has 0 atom stereocenters. The van der Waals surface area contributed by atoms with Gasteiger partial charge >= 0.3 is 0 Å². The average molecular weight is 254 g/mol. The van der Waals surface area contributed by atoms with Gasteiger partial charge in [-0.2, -0.15) is 0 Å². The molecule has 0 spiro atoms. The fourth-order valence-corrected chi connectivity index (χ4v) is 1.80. The third kappa shape index (κ3) is 1.39. The number of hydrogen-bond donors (Lipinski definition) is 1. The minimum atomic E-state index is 0.355. The Kier molecular flexibility index (Phi) is 2.23. The second kappa shape index (κ2) is 3.28. The minimum Gasteiger partial charge on any atom is -0.383 e. The fourth-order valence-electron chi connectivity index (χ4n) is 1.48. The van der Waals surface area contributed by atoms with Gasteiger partial charge in [0, 0.05) is 10.7 Å². The van der Waals surface area contributed by atoms with Gasteiger partial charge in [-0.25, -0.2) is 4.98 Å². The van der Waals surface area contributed by atoms with Gasteiger partial charge in [-0.15, -0.1) is 0 Å². The lowest BCUT2D eigenvalue weighted by atomic mass is 10.1. The Morgan fingerprint density at radius 2 is 2.21 bits per heavy atom. The zero-order valence-corrected chi connectivity index (χ0v) is 9.75. The van der Waals surface area contributed by atoms with Crippen molar-refractivity contribution in [1.82, 2.24) is 9.38 Å². The Hall–Kier alpha value is -1.03. The molecule has 0 fully saturated rings. The van der Waals surface area contributed by atoms with Crippen molar-refractivity contribution < 1.29 is 0 Å². The summed E-state index contributed by atoms with van der Waals surface area (Å²) >= 11 is 3.41. The number of pyridine rings is 1. The van der Waals surface area contributed by atoms with Crippen LogP contribution in [0.2, 0.25) is 0 Å². The highest BCUT2D eigenvalue weighted by molar-refractivity contribution is 9.10. The van der Waals surface area contributed by atoms with Crippen LogP contribution < -0.4 is 5.73 Å². The topological polar surface area (TPSA) is 43.3 Å². The first-order chi connectivity index (χ1) is 6.59. The number of halogens is 1. The summed E-state index contributed by atoms with van der Waals surface area (Å²) in [5.74, 6) is 1.09. The van der Waals surface area contributed by atoms with E-state index < -0.39 is 0 Å². The zero-order valence-electron chi connectivity index (χ0n) is 8.16. The van der Waals surface area contributed by atoms with Gasteiger partial charge in [0.15, 0.2) is 0 Å². The molecule has 0 amide bonds. The maximum atomic E-state index is 5.98. The van der Waals surface area contributed by atoms with Crippen molar-refractivity contribution in [3.8, 4) is 0 Å². The Morgan fingerprint density at radius 1 is 1.50 bits per heavy atom. The number of nitrogen functional groups attached to an aromatic ring is 1. The average Bonchev–Trinajstić information content (AvgIpc) is 2.43. The molecular formula is C10H12BrN3. The molecule has 0 bridgehead atoms. The molecule has 0 unspecified atom stereocenters. The summed E-state index contributed by atoms with van der Waals surface area (Å²) in [6.07, 6.45) is 1.92. The maximum Gasteiger partial charge on any atom is 0.139 e. The molecule has 2 aromatic rings. The van der Waals surface area contributed by atoms with Crippen LogP contribution in [0.25, 0.3) is 5.65 Å². The lowest BCUT2D eigenvalue weighted by Crippen LogP contribution is -1.97. The zero-order chi connectivity index (χ0) is 10.3. The maximum absolute atomic E-state index is 5.98. The van der Waals surface area contributed by atoms with E-state index in [9.17, 15) is 0 Å². The first kappa shape index (κ1) is 9.52. The highest BCUT2D eigenvalue weighted by atomic mass is 79.9. The van der Waals surface area contributed by atoms with Gasteiger partial charge in [-0.3, -0.25) is 4.40 Å². The molecule has 2 rings (SSSR count). The molecule has 2 N–H and O–H groups in total. The van der Waals surface area contributed by atoms with E-state index in [0.29, 0.717) is 5.92 Å². The number of anilines is 1. The molecule has 0 aliphatic carbocycles. The van der Waals surface area contributed by atoms with Crippen molar-refractivity contribution in [2.24, 2.45) is 0 Å². The van der Waals surface area contributed by atoms with Gasteiger partial charge in [0.2, 0.25) is 0 Å². The molecule has 2 heterocycles. The number of aromatic nitrogens is 2. The second-order valence-electron chi connectivity index (χ2n) is 3.61. The molecule has 14 heavy (non-hydrogen) atoms. The van der Waals surface area contributed by atoms with Gasteiger partial charge in [0.05, 0.1) is 5.69 Å². The van der Waals surface area contributed by atoms with E-state index >= 15 is 0 Å². The molecular weight excluding hydrogens is 242 g/mol. The van der Waals surface area contributed by atoms with E-state index in [1.54, 1.807) is 0 Å². The summed E-state index contributed by atoms with van der Waals surface area (Å²) in [5.41, 5.74) is 7.83. The summed E-state index contributed by atoms with van der Waals surface area (Å²) in [6.45, 7) is 4.18. The highest BCUT2D eigenvalue weighted by Crippen LogP contribution is 2.23. The summed E-state index contributed by atoms with van der Waals surface area (Å²) in [4.78, 5) is 4.48. The Bertz CT molecular complexity index is 473. The monoisotopic (exact) mass is 253 g/mol. The second-order valence-corrected chi connectivity index (χ2v) is 4.53. The Labute approximate surface area is 91.1 Å². The van der Waals surface area contributed by atoms with Crippen molar-refractivity contribution in [2.75, 3.05) is 5.73 Å². The van der Waals surface area contributed by atoms with Gasteiger partial charge in [0.25, 0.3) is 0 Å². The van der Waals surface area contributed by atoms with Crippen LogP contribution in [-0.4, -0.2) is 9.38 Å². The van der Waals surface area contributed by atoms with E-state index in [-0.39, 0.29) is 0 Å². The minimum absolute atomic E-state index is 0.355. The summed E-state index contributed by atoms with van der Waals surface area (Å²) in [6, 6.07) is 3.91. The third-order valence-electron chi connectivity index (χ3n) is 2.20. The molecule has 0 saturated heterocycles.